The molecule has 0 aromatic rings. The molecule has 2 fully saturated rings. The minimum absolute atomic E-state index is 0.721. The molecular formula is C18H37N3. The van der Waals surface area contributed by atoms with Gasteiger partial charge in [-0.2, -0.15) is 0 Å². The summed E-state index contributed by atoms with van der Waals surface area (Å²) in [7, 11) is 0. The average molecular weight is 296 g/mol. The molecule has 2 rings (SSSR count). The molecule has 0 amide bonds. The Balaban J connectivity index is 1.59. The predicted molar refractivity (Wildman–Crippen MR) is 91.8 cm³/mol. The standard InChI is InChI=1S/C18H37N3/c1-4-5-6-9-19-10-7-18(8-11-19)16-20-12-14-21(15-13-20)17(2)3/h17-18H,4-16H2,1-3H3. The van der Waals surface area contributed by atoms with Gasteiger partial charge in [0.15, 0.2) is 0 Å². The van der Waals surface area contributed by atoms with Crippen molar-refractivity contribution in [3.8, 4) is 0 Å². The van der Waals surface area contributed by atoms with E-state index in [4.69, 9.17) is 0 Å². The fourth-order valence-electron chi connectivity index (χ4n) is 3.81. The molecule has 0 aromatic carbocycles. The van der Waals surface area contributed by atoms with Crippen LogP contribution in [0.1, 0.15) is 52.9 Å². The van der Waals surface area contributed by atoms with Crippen LogP contribution < -0.4 is 0 Å². The van der Waals surface area contributed by atoms with Gasteiger partial charge in [0.05, 0.1) is 0 Å². The fourth-order valence-corrected chi connectivity index (χ4v) is 3.81. The Morgan fingerprint density at radius 3 is 2.10 bits per heavy atom. The lowest BCUT2D eigenvalue weighted by Crippen LogP contribution is -2.50. The van der Waals surface area contributed by atoms with Crippen molar-refractivity contribution in [2.45, 2.75) is 58.9 Å². The van der Waals surface area contributed by atoms with E-state index >= 15 is 0 Å². The summed E-state index contributed by atoms with van der Waals surface area (Å²) in [4.78, 5) is 8.03. The Morgan fingerprint density at radius 1 is 0.857 bits per heavy atom. The Labute approximate surface area is 132 Å². The summed E-state index contributed by atoms with van der Waals surface area (Å²) < 4.78 is 0. The molecule has 2 heterocycles. The number of hydrogen-bond donors (Lipinski definition) is 0. The van der Waals surface area contributed by atoms with Crippen LogP contribution in [-0.4, -0.2) is 73.1 Å². The van der Waals surface area contributed by atoms with E-state index in [-0.39, 0.29) is 0 Å². The highest BCUT2D eigenvalue weighted by Crippen LogP contribution is 2.20. The second-order valence-corrected chi connectivity index (χ2v) is 7.42. The zero-order chi connectivity index (χ0) is 15.1. The lowest BCUT2D eigenvalue weighted by molar-refractivity contribution is 0.0808. The van der Waals surface area contributed by atoms with Crippen LogP contribution in [0, 0.1) is 5.92 Å². The molecule has 0 spiro atoms. The van der Waals surface area contributed by atoms with Gasteiger partial charge in [-0.05, 0) is 58.7 Å². The summed E-state index contributed by atoms with van der Waals surface area (Å²) in [5.41, 5.74) is 0. The molecule has 2 aliphatic rings. The molecule has 0 aliphatic carbocycles. The van der Waals surface area contributed by atoms with E-state index in [2.05, 4.69) is 35.5 Å². The van der Waals surface area contributed by atoms with Crippen molar-refractivity contribution in [1.82, 2.24) is 14.7 Å². The quantitative estimate of drug-likeness (QED) is 0.669. The van der Waals surface area contributed by atoms with Gasteiger partial charge in [-0.1, -0.05) is 19.8 Å². The molecule has 0 bridgehead atoms. The first kappa shape index (κ1) is 17.2. The molecular weight excluding hydrogens is 258 g/mol. The summed E-state index contributed by atoms with van der Waals surface area (Å²) in [6, 6.07) is 0.721. The van der Waals surface area contributed by atoms with Crippen LogP contribution in [0.3, 0.4) is 0 Å². The van der Waals surface area contributed by atoms with Crippen LogP contribution in [0.5, 0.6) is 0 Å². The molecule has 2 aliphatic heterocycles. The van der Waals surface area contributed by atoms with Crippen molar-refractivity contribution in [2.75, 3.05) is 52.4 Å². The lowest BCUT2D eigenvalue weighted by atomic mass is 9.95. The third kappa shape index (κ3) is 5.88. The number of piperidine rings is 1. The van der Waals surface area contributed by atoms with Crippen LogP contribution in [0.2, 0.25) is 0 Å². The highest BCUT2D eigenvalue weighted by atomic mass is 15.3. The third-order valence-electron chi connectivity index (χ3n) is 5.44. The molecule has 3 heteroatoms. The molecule has 0 saturated carbocycles. The topological polar surface area (TPSA) is 9.72 Å². The Bertz CT molecular complexity index is 264. The summed E-state index contributed by atoms with van der Waals surface area (Å²) in [6.45, 7) is 17.5. The highest BCUT2D eigenvalue weighted by molar-refractivity contribution is 4.79. The normalized spacial score (nSPS) is 24.0. The SMILES string of the molecule is CCCCCN1CCC(CN2CCN(C(C)C)CC2)CC1. The zero-order valence-corrected chi connectivity index (χ0v) is 14.7. The van der Waals surface area contributed by atoms with Crippen molar-refractivity contribution in [3.05, 3.63) is 0 Å². The summed E-state index contributed by atoms with van der Waals surface area (Å²) in [5, 5.41) is 0. The van der Waals surface area contributed by atoms with Crippen molar-refractivity contribution in [1.29, 1.82) is 0 Å². The van der Waals surface area contributed by atoms with Crippen molar-refractivity contribution >= 4 is 0 Å². The van der Waals surface area contributed by atoms with Gasteiger partial charge in [0.1, 0.15) is 0 Å². The van der Waals surface area contributed by atoms with Gasteiger partial charge in [-0.25, -0.2) is 0 Å². The number of nitrogens with zero attached hydrogens (tertiary/aromatic N) is 3. The van der Waals surface area contributed by atoms with E-state index in [0.717, 1.165) is 12.0 Å². The smallest absolute Gasteiger partial charge is 0.0113 e. The summed E-state index contributed by atoms with van der Waals surface area (Å²) >= 11 is 0. The lowest BCUT2D eigenvalue weighted by Gasteiger charge is -2.40. The minimum Gasteiger partial charge on any atom is -0.303 e. The summed E-state index contributed by atoms with van der Waals surface area (Å²) in [6.07, 6.45) is 7.00. The maximum Gasteiger partial charge on any atom is 0.0113 e. The van der Waals surface area contributed by atoms with Crippen molar-refractivity contribution in [2.24, 2.45) is 5.92 Å². The maximum atomic E-state index is 2.72. The van der Waals surface area contributed by atoms with Crippen LogP contribution in [0.25, 0.3) is 0 Å². The molecule has 0 radical (unpaired) electrons. The molecule has 2 saturated heterocycles. The number of likely N-dealkylation sites (tertiary alicyclic amines) is 1. The van der Waals surface area contributed by atoms with E-state index in [1.807, 2.05) is 0 Å². The first-order chi connectivity index (χ1) is 10.2. The van der Waals surface area contributed by atoms with E-state index < -0.39 is 0 Å². The first-order valence-corrected chi connectivity index (χ1v) is 9.37. The van der Waals surface area contributed by atoms with E-state index in [9.17, 15) is 0 Å². The zero-order valence-electron chi connectivity index (χ0n) is 14.7. The van der Waals surface area contributed by atoms with Gasteiger partial charge in [-0.3, -0.25) is 4.90 Å². The Hall–Kier alpha value is -0.120. The molecule has 0 unspecified atom stereocenters. The van der Waals surface area contributed by atoms with Crippen LogP contribution in [0.4, 0.5) is 0 Å². The molecule has 3 nitrogen and oxygen atoms in total. The fraction of sp³-hybridized carbons (Fsp3) is 1.00. The van der Waals surface area contributed by atoms with E-state index in [1.54, 1.807) is 0 Å². The maximum absolute atomic E-state index is 2.72. The van der Waals surface area contributed by atoms with Crippen LogP contribution >= 0.6 is 0 Å². The third-order valence-corrected chi connectivity index (χ3v) is 5.44. The Morgan fingerprint density at radius 2 is 1.52 bits per heavy atom. The molecule has 124 valence electrons. The van der Waals surface area contributed by atoms with Gasteiger partial charge in [0, 0.05) is 38.8 Å². The van der Waals surface area contributed by atoms with E-state index in [1.165, 1.54) is 84.5 Å². The average Bonchev–Trinajstić information content (AvgIpc) is 2.50. The van der Waals surface area contributed by atoms with Gasteiger partial charge >= 0.3 is 0 Å². The van der Waals surface area contributed by atoms with Gasteiger partial charge in [0.25, 0.3) is 0 Å². The van der Waals surface area contributed by atoms with Crippen LogP contribution in [0.15, 0.2) is 0 Å². The number of piperazine rings is 1. The molecule has 0 atom stereocenters. The second-order valence-electron chi connectivity index (χ2n) is 7.42. The number of unbranched alkanes of at least 4 members (excludes halogenated alkanes) is 2. The highest BCUT2D eigenvalue weighted by Gasteiger charge is 2.24. The molecule has 0 aromatic heterocycles. The first-order valence-electron chi connectivity index (χ1n) is 9.37. The Kier molecular flexibility index (Phi) is 7.48. The van der Waals surface area contributed by atoms with Crippen molar-refractivity contribution < 1.29 is 0 Å². The predicted octanol–water partition coefficient (Wildman–Crippen LogP) is 2.91. The van der Waals surface area contributed by atoms with E-state index in [0.29, 0.717) is 0 Å². The molecule has 21 heavy (non-hydrogen) atoms. The molecule has 0 N–H and O–H groups in total. The number of hydrogen-bond acceptors (Lipinski definition) is 3. The largest absolute Gasteiger partial charge is 0.303 e. The van der Waals surface area contributed by atoms with Gasteiger partial charge in [-0.15, -0.1) is 0 Å². The number of rotatable bonds is 7. The minimum atomic E-state index is 0.721. The second kappa shape index (κ2) is 9.12. The monoisotopic (exact) mass is 295 g/mol. The van der Waals surface area contributed by atoms with Crippen molar-refractivity contribution in [3.63, 3.8) is 0 Å². The van der Waals surface area contributed by atoms with Gasteiger partial charge in [0.2, 0.25) is 0 Å². The van der Waals surface area contributed by atoms with Gasteiger partial charge < -0.3 is 9.80 Å². The summed E-state index contributed by atoms with van der Waals surface area (Å²) in [5.74, 6) is 0.957. The van der Waals surface area contributed by atoms with Crippen LogP contribution in [-0.2, 0) is 0 Å².